The molecular formula is C19H32N2O5S. The van der Waals surface area contributed by atoms with Crippen LogP contribution in [0.1, 0.15) is 47.1 Å². The molecule has 0 aliphatic rings. The van der Waals surface area contributed by atoms with Gasteiger partial charge in [0.25, 0.3) is 0 Å². The Morgan fingerprint density at radius 2 is 1.74 bits per heavy atom. The van der Waals surface area contributed by atoms with Crippen LogP contribution in [-0.2, 0) is 16.7 Å². The Morgan fingerprint density at radius 1 is 1.11 bits per heavy atom. The molecule has 0 spiro atoms. The lowest BCUT2D eigenvalue weighted by atomic mass is 10.1. The number of hydrogen-bond acceptors (Lipinski definition) is 5. The predicted molar refractivity (Wildman–Crippen MR) is 107 cm³/mol. The molecule has 0 fully saturated rings. The van der Waals surface area contributed by atoms with Crippen molar-refractivity contribution in [2.24, 2.45) is 5.92 Å². The van der Waals surface area contributed by atoms with Gasteiger partial charge in [-0.1, -0.05) is 19.9 Å². The zero-order valence-corrected chi connectivity index (χ0v) is 18.1. The van der Waals surface area contributed by atoms with Crippen molar-refractivity contribution in [2.45, 2.75) is 59.4 Å². The van der Waals surface area contributed by atoms with Crippen LogP contribution in [0.4, 0.5) is 4.79 Å². The van der Waals surface area contributed by atoms with E-state index in [-0.39, 0.29) is 23.7 Å². The van der Waals surface area contributed by atoms with E-state index >= 15 is 0 Å². The molecule has 0 saturated heterocycles. The van der Waals surface area contributed by atoms with Gasteiger partial charge >= 0.3 is 16.1 Å². The first-order valence-electron chi connectivity index (χ1n) is 9.11. The number of carbonyl (C=O) groups is 1. The predicted octanol–water partition coefficient (Wildman–Crippen LogP) is 3.39. The number of amides is 2. The molecule has 7 nitrogen and oxygen atoms in total. The number of rotatable bonds is 9. The molecule has 1 aromatic rings. The Morgan fingerprint density at radius 3 is 2.22 bits per heavy atom. The number of hydrogen-bond donors (Lipinski definition) is 1. The van der Waals surface area contributed by atoms with E-state index in [0.717, 1.165) is 5.56 Å². The van der Waals surface area contributed by atoms with Gasteiger partial charge in [0.1, 0.15) is 0 Å². The molecule has 154 valence electrons. The minimum atomic E-state index is -3.75. The number of ether oxygens (including phenoxy) is 1. The van der Waals surface area contributed by atoms with Gasteiger partial charge in [0.2, 0.25) is 0 Å². The van der Waals surface area contributed by atoms with E-state index in [9.17, 15) is 13.2 Å². The van der Waals surface area contributed by atoms with Gasteiger partial charge in [0.15, 0.2) is 11.5 Å². The van der Waals surface area contributed by atoms with Gasteiger partial charge in [0.05, 0.1) is 12.4 Å². The van der Waals surface area contributed by atoms with E-state index in [2.05, 4.69) is 5.32 Å². The highest BCUT2D eigenvalue weighted by Crippen LogP contribution is 2.30. The van der Waals surface area contributed by atoms with Gasteiger partial charge in [-0.2, -0.15) is 8.42 Å². The standard InChI is InChI=1S/C19H32N2O5S/c1-13(2)11-21(19(22)20-14(3)4)12-16-8-9-17(25-7)18(10-16)26-27(23,24)15(5)6/h8-10,13-15H,11-12H2,1-7H3,(H,20,22). The summed E-state index contributed by atoms with van der Waals surface area (Å²) in [4.78, 5) is 14.2. The number of carbonyl (C=O) groups excluding carboxylic acids is 1. The summed E-state index contributed by atoms with van der Waals surface area (Å²) in [5.41, 5.74) is 0.754. The molecule has 27 heavy (non-hydrogen) atoms. The summed E-state index contributed by atoms with van der Waals surface area (Å²) >= 11 is 0. The fourth-order valence-electron chi connectivity index (χ4n) is 2.32. The first kappa shape index (κ1) is 23.1. The Balaban J connectivity index is 3.13. The summed E-state index contributed by atoms with van der Waals surface area (Å²) in [6.07, 6.45) is 0. The highest BCUT2D eigenvalue weighted by atomic mass is 32.2. The number of benzene rings is 1. The summed E-state index contributed by atoms with van der Waals surface area (Å²) in [7, 11) is -2.30. The lowest BCUT2D eigenvalue weighted by molar-refractivity contribution is 0.185. The first-order chi connectivity index (χ1) is 12.5. The van der Waals surface area contributed by atoms with Crippen LogP contribution < -0.4 is 14.2 Å². The highest BCUT2D eigenvalue weighted by Gasteiger charge is 2.22. The van der Waals surface area contributed by atoms with Crippen molar-refractivity contribution in [1.29, 1.82) is 0 Å². The molecule has 1 N–H and O–H groups in total. The average molecular weight is 401 g/mol. The van der Waals surface area contributed by atoms with Gasteiger partial charge < -0.3 is 19.1 Å². The van der Waals surface area contributed by atoms with Gasteiger partial charge in [-0.25, -0.2) is 4.79 Å². The fourth-order valence-corrected chi connectivity index (χ4v) is 2.90. The van der Waals surface area contributed by atoms with Crippen molar-refractivity contribution in [3.63, 3.8) is 0 Å². The van der Waals surface area contributed by atoms with Gasteiger partial charge in [0, 0.05) is 19.1 Å². The quantitative estimate of drug-likeness (QED) is 0.642. The monoisotopic (exact) mass is 400 g/mol. The number of urea groups is 1. The molecule has 0 aliphatic heterocycles. The molecule has 0 bridgehead atoms. The number of nitrogens with zero attached hydrogens (tertiary/aromatic N) is 1. The maximum absolute atomic E-state index is 12.5. The van der Waals surface area contributed by atoms with Crippen LogP contribution in [-0.4, -0.2) is 44.3 Å². The molecule has 1 rings (SSSR count). The molecule has 8 heteroatoms. The average Bonchev–Trinajstić information content (AvgIpc) is 2.53. The normalized spacial score (nSPS) is 11.8. The van der Waals surface area contributed by atoms with Crippen LogP contribution in [0.2, 0.25) is 0 Å². The third-order valence-electron chi connectivity index (χ3n) is 3.67. The van der Waals surface area contributed by atoms with Crippen molar-refractivity contribution in [1.82, 2.24) is 10.2 Å². The zero-order chi connectivity index (χ0) is 20.8. The maximum atomic E-state index is 12.5. The van der Waals surface area contributed by atoms with Crippen molar-refractivity contribution in [3.8, 4) is 11.5 Å². The summed E-state index contributed by atoms with van der Waals surface area (Å²) in [5.74, 6) is 0.737. The van der Waals surface area contributed by atoms with E-state index in [0.29, 0.717) is 18.8 Å². The zero-order valence-electron chi connectivity index (χ0n) is 17.3. The fraction of sp³-hybridized carbons (Fsp3) is 0.632. The maximum Gasteiger partial charge on any atom is 0.317 e. The summed E-state index contributed by atoms with van der Waals surface area (Å²) in [6.45, 7) is 11.9. The summed E-state index contributed by atoms with van der Waals surface area (Å²) in [6, 6.07) is 4.91. The van der Waals surface area contributed by atoms with E-state index < -0.39 is 15.4 Å². The van der Waals surface area contributed by atoms with Crippen LogP contribution in [0.5, 0.6) is 11.5 Å². The van der Waals surface area contributed by atoms with Crippen molar-refractivity contribution in [3.05, 3.63) is 23.8 Å². The topological polar surface area (TPSA) is 84.9 Å². The van der Waals surface area contributed by atoms with Gasteiger partial charge in [-0.3, -0.25) is 0 Å². The molecule has 0 unspecified atom stereocenters. The minimum absolute atomic E-state index is 0.0260. The second kappa shape index (κ2) is 9.82. The lowest BCUT2D eigenvalue weighted by Gasteiger charge is -2.26. The first-order valence-corrected chi connectivity index (χ1v) is 10.6. The third kappa shape index (κ3) is 7.28. The SMILES string of the molecule is COc1ccc(CN(CC(C)C)C(=O)NC(C)C)cc1OS(=O)(=O)C(C)C. The van der Waals surface area contributed by atoms with Crippen LogP contribution in [0.15, 0.2) is 18.2 Å². The Hall–Kier alpha value is -1.96. The van der Waals surface area contributed by atoms with E-state index in [4.69, 9.17) is 8.92 Å². The van der Waals surface area contributed by atoms with E-state index in [1.165, 1.54) is 7.11 Å². The lowest BCUT2D eigenvalue weighted by Crippen LogP contribution is -2.44. The van der Waals surface area contributed by atoms with Crippen molar-refractivity contribution < 1.29 is 22.1 Å². The van der Waals surface area contributed by atoms with Crippen LogP contribution >= 0.6 is 0 Å². The summed E-state index contributed by atoms with van der Waals surface area (Å²) in [5, 5.41) is 2.21. The van der Waals surface area contributed by atoms with Crippen LogP contribution in [0.3, 0.4) is 0 Å². The second-order valence-corrected chi connectivity index (χ2v) is 9.58. The van der Waals surface area contributed by atoms with E-state index in [1.807, 2.05) is 27.7 Å². The molecule has 1 aromatic carbocycles. The molecular weight excluding hydrogens is 368 g/mol. The number of nitrogens with one attached hydrogen (secondary N) is 1. The Kier molecular flexibility index (Phi) is 8.40. The highest BCUT2D eigenvalue weighted by molar-refractivity contribution is 7.87. The third-order valence-corrected chi connectivity index (χ3v) is 5.24. The van der Waals surface area contributed by atoms with E-state index in [1.54, 1.807) is 36.9 Å². The van der Waals surface area contributed by atoms with Crippen LogP contribution in [0.25, 0.3) is 0 Å². The van der Waals surface area contributed by atoms with Gasteiger partial charge in [-0.15, -0.1) is 0 Å². The second-order valence-electron chi connectivity index (χ2n) is 7.49. The van der Waals surface area contributed by atoms with Crippen LogP contribution in [0, 0.1) is 5.92 Å². The van der Waals surface area contributed by atoms with Gasteiger partial charge in [-0.05, 0) is 51.3 Å². The molecule has 0 aromatic heterocycles. The van der Waals surface area contributed by atoms with Crippen molar-refractivity contribution >= 4 is 16.1 Å². The molecule has 0 saturated carbocycles. The minimum Gasteiger partial charge on any atom is -0.493 e. The smallest absolute Gasteiger partial charge is 0.317 e. The number of methoxy groups -OCH3 is 1. The Bertz CT molecular complexity index is 730. The molecule has 0 aliphatic carbocycles. The molecule has 0 heterocycles. The Labute approximate surface area is 163 Å². The van der Waals surface area contributed by atoms with Crippen molar-refractivity contribution in [2.75, 3.05) is 13.7 Å². The molecule has 0 atom stereocenters. The molecule has 0 radical (unpaired) electrons. The molecule has 2 amide bonds. The largest absolute Gasteiger partial charge is 0.493 e. The summed E-state index contributed by atoms with van der Waals surface area (Å²) < 4.78 is 34.7.